The van der Waals surface area contributed by atoms with Crippen molar-refractivity contribution in [2.75, 3.05) is 13.1 Å². The molecule has 2 rings (SSSR count). The summed E-state index contributed by atoms with van der Waals surface area (Å²) in [5.74, 6) is 0.661. The van der Waals surface area contributed by atoms with Crippen LogP contribution in [0, 0.1) is 5.92 Å². The molecule has 21 heavy (non-hydrogen) atoms. The van der Waals surface area contributed by atoms with Gasteiger partial charge in [0.05, 0.1) is 12.1 Å². The van der Waals surface area contributed by atoms with Crippen LogP contribution in [-0.2, 0) is 4.79 Å². The fraction of sp³-hybridized carbons (Fsp3) is 0.588. The number of nitrogens with one attached hydrogen (secondary N) is 1. The Bertz CT molecular complexity index is 491. The Morgan fingerprint density at radius 1 is 1.48 bits per heavy atom. The number of hydrogen-bond acceptors (Lipinski definition) is 2. The van der Waals surface area contributed by atoms with Gasteiger partial charge < -0.3 is 10.2 Å². The number of amides is 1. The van der Waals surface area contributed by atoms with E-state index >= 15 is 0 Å². The van der Waals surface area contributed by atoms with E-state index in [2.05, 4.69) is 48.1 Å². The first-order chi connectivity index (χ1) is 10.1. The van der Waals surface area contributed by atoms with Crippen molar-refractivity contribution in [3.05, 3.63) is 34.3 Å². The van der Waals surface area contributed by atoms with Crippen molar-refractivity contribution < 1.29 is 4.79 Å². The number of halogens is 1. The average Bonchev–Trinajstić information content (AvgIpc) is 2.90. The van der Waals surface area contributed by atoms with Gasteiger partial charge in [0.1, 0.15) is 0 Å². The van der Waals surface area contributed by atoms with Gasteiger partial charge in [0.2, 0.25) is 5.91 Å². The smallest absolute Gasteiger partial charge is 0.240 e. The number of nitrogens with zero attached hydrogens (tertiary/aromatic N) is 1. The Morgan fingerprint density at radius 3 is 2.76 bits per heavy atom. The van der Waals surface area contributed by atoms with Crippen LogP contribution in [0.25, 0.3) is 0 Å². The molecular weight excluding hydrogens is 328 g/mol. The van der Waals surface area contributed by atoms with E-state index in [-0.39, 0.29) is 18.0 Å². The van der Waals surface area contributed by atoms with E-state index in [0.717, 1.165) is 30.4 Å². The molecule has 0 aliphatic carbocycles. The van der Waals surface area contributed by atoms with Crippen LogP contribution in [0.4, 0.5) is 0 Å². The van der Waals surface area contributed by atoms with Crippen LogP contribution in [0.15, 0.2) is 28.7 Å². The highest BCUT2D eigenvalue weighted by Crippen LogP contribution is 2.29. The van der Waals surface area contributed by atoms with Gasteiger partial charge in [-0.15, -0.1) is 0 Å². The second-order valence-electron chi connectivity index (χ2n) is 5.93. The lowest BCUT2D eigenvalue weighted by Crippen LogP contribution is -2.47. The number of carbonyl (C=O) groups is 1. The molecule has 3 atom stereocenters. The molecule has 4 heteroatoms. The number of benzene rings is 1. The summed E-state index contributed by atoms with van der Waals surface area (Å²) in [5, 5.41) is 3.36. The van der Waals surface area contributed by atoms with Crippen molar-refractivity contribution in [3.63, 3.8) is 0 Å². The van der Waals surface area contributed by atoms with Gasteiger partial charge in [-0.3, -0.25) is 4.79 Å². The Morgan fingerprint density at radius 2 is 2.19 bits per heavy atom. The van der Waals surface area contributed by atoms with Crippen LogP contribution in [0.2, 0.25) is 0 Å². The second kappa shape index (κ2) is 7.41. The largest absolute Gasteiger partial charge is 0.335 e. The van der Waals surface area contributed by atoms with E-state index in [1.807, 2.05) is 23.1 Å². The van der Waals surface area contributed by atoms with Crippen molar-refractivity contribution in [1.82, 2.24) is 10.2 Å². The first kappa shape index (κ1) is 16.5. The van der Waals surface area contributed by atoms with Gasteiger partial charge in [-0.1, -0.05) is 48.0 Å². The van der Waals surface area contributed by atoms with Crippen molar-refractivity contribution >= 4 is 21.8 Å². The van der Waals surface area contributed by atoms with Crippen molar-refractivity contribution in [3.8, 4) is 0 Å². The predicted molar refractivity (Wildman–Crippen MR) is 90.1 cm³/mol. The molecule has 3 unspecified atom stereocenters. The molecule has 1 heterocycles. The fourth-order valence-corrected chi connectivity index (χ4v) is 3.68. The molecular formula is C17H25BrN2O. The number of hydrogen-bond donors (Lipinski definition) is 1. The van der Waals surface area contributed by atoms with E-state index < -0.39 is 0 Å². The van der Waals surface area contributed by atoms with Gasteiger partial charge in [-0.05, 0) is 43.9 Å². The van der Waals surface area contributed by atoms with Crippen molar-refractivity contribution in [2.45, 2.75) is 45.7 Å². The fourth-order valence-electron chi connectivity index (χ4n) is 3.06. The Balaban J connectivity index is 2.22. The minimum atomic E-state index is -0.0264. The third kappa shape index (κ3) is 3.67. The predicted octanol–water partition coefficient (Wildman–Crippen LogP) is 3.75. The molecule has 0 bridgehead atoms. The quantitative estimate of drug-likeness (QED) is 0.875. The topological polar surface area (TPSA) is 32.3 Å². The monoisotopic (exact) mass is 352 g/mol. The maximum absolute atomic E-state index is 12.9. The van der Waals surface area contributed by atoms with E-state index in [1.165, 1.54) is 5.56 Å². The summed E-state index contributed by atoms with van der Waals surface area (Å²) in [7, 11) is 0. The van der Waals surface area contributed by atoms with E-state index in [0.29, 0.717) is 5.92 Å². The van der Waals surface area contributed by atoms with E-state index in [1.54, 1.807) is 0 Å². The van der Waals surface area contributed by atoms with Crippen LogP contribution in [0.1, 0.15) is 45.2 Å². The van der Waals surface area contributed by atoms with Crippen LogP contribution < -0.4 is 5.32 Å². The van der Waals surface area contributed by atoms with Gasteiger partial charge >= 0.3 is 0 Å². The summed E-state index contributed by atoms with van der Waals surface area (Å²) < 4.78 is 1.07. The van der Waals surface area contributed by atoms with Gasteiger partial charge in [0.15, 0.2) is 0 Å². The molecule has 0 spiro atoms. The lowest BCUT2D eigenvalue weighted by atomic mass is 10.00. The molecule has 1 aromatic carbocycles. The zero-order valence-corrected chi connectivity index (χ0v) is 14.7. The molecule has 0 saturated carbocycles. The number of rotatable bonds is 5. The lowest BCUT2D eigenvalue weighted by Gasteiger charge is -2.33. The highest BCUT2D eigenvalue weighted by Gasteiger charge is 2.34. The van der Waals surface area contributed by atoms with Gasteiger partial charge in [-0.2, -0.15) is 0 Å². The highest BCUT2D eigenvalue weighted by atomic mass is 79.9. The molecule has 1 fully saturated rings. The van der Waals surface area contributed by atoms with Crippen LogP contribution in [0.5, 0.6) is 0 Å². The van der Waals surface area contributed by atoms with Crippen LogP contribution >= 0.6 is 15.9 Å². The summed E-state index contributed by atoms with van der Waals surface area (Å²) in [6.45, 7) is 8.15. The Labute approximate surface area is 136 Å². The molecule has 1 aromatic rings. The standard InChI is InChI=1S/C17H25BrN2O/c1-4-11-20(17(21)16-12(2)9-10-19-16)13(3)14-7-5-6-8-15(14)18/h5-8,12-13,16,19H,4,9-11H2,1-3H3. The molecule has 0 radical (unpaired) electrons. The maximum Gasteiger partial charge on any atom is 0.240 e. The van der Waals surface area contributed by atoms with Crippen LogP contribution in [-0.4, -0.2) is 29.9 Å². The lowest BCUT2D eigenvalue weighted by molar-refractivity contribution is -0.136. The third-order valence-corrected chi connectivity index (χ3v) is 5.09. The molecule has 1 saturated heterocycles. The Hall–Kier alpha value is -0.870. The SMILES string of the molecule is CCCN(C(=O)C1NCCC1C)C(C)c1ccccc1Br. The second-order valence-corrected chi connectivity index (χ2v) is 6.78. The van der Waals surface area contributed by atoms with E-state index in [4.69, 9.17) is 0 Å². The molecule has 0 aromatic heterocycles. The van der Waals surface area contributed by atoms with Crippen molar-refractivity contribution in [1.29, 1.82) is 0 Å². The molecule has 1 aliphatic heterocycles. The molecule has 3 nitrogen and oxygen atoms in total. The van der Waals surface area contributed by atoms with Gasteiger partial charge in [0.25, 0.3) is 0 Å². The zero-order valence-electron chi connectivity index (χ0n) is 13.1. The normalized spacial score (nSPS) is 23.0. The van der Waals surface area contributed by atoms with Gasteiger partial charge in [-0.25, -0.2) is 0 Å². The first-order valence-corrected chi connectivity index (χ1v) is 8.63. The number of carbonyl (C=O) groups excluding carboxylic acids is 1. The summed E-state index contributed by atoms with van der Waals surface area (Å²) >= 11 is 3.61. The average molecular weight is 353 g/mol. The summed E-state index contributed by atoms with van der Waals surface area (Å²) in [4.78, 5) is 14.9. The maximum atomic E-state index is 12.9. The van der Waals surface area contributed by atoms with Crippen molar-refractivity contribution in [2.24, 2.45) is 5.92 Å². The molecule has 1 N–H and O–H groups in total. The Kier molecular flexibility index (Phi) is 5.82. The molecule has 116 valence electrons. The zero-order chi connectivity index (χ0) is 15.4. The summed E-state index contributed by atoms with van der Waals surface area (Å²) in [5.41, 5.74) is 1.17. The minimum Gasteiger partial charge on any atom is -0.335 e. The summed E-state index contributed by atoms with van der Waals surface area (Å²) in [6, 6.07) is 8.23. The van der Waals surface area contributed by atoms with Gasteiger partial charge in [0, 0.05) is 11.0 Å². The highest BCUT2D eigenvalue weighted by molar-refractivity contribution is 9.10. The molecule has 1 aliphatic rings. The summed E-state index contributed by atoms with van der Waals surface area (Å²) in [6.07, 6.45) is 2.06. The minimum absolute atomic E-state index is 0.0264. The molecule has 1 amide bonds. The van der Waals surface area contributed by atoms with Crippen LogP contribution in [0.3, 0.4) is 0 Å². The first-order valence-electron chi connectivity index (χ1n) is 7.84. The van der Waals surface area contributed by atoms with E-state index in [9.17, 15) is 4.79 Å². The third-order valence-electron chi connectivity index (χ3n) is 4.37.